The summed E-state index contributed by atoms with van der Waals surface area (Å²) in [7, 11) is 0. The van der Waals surface area contributed by atoms with E-state index in [9.17, 15) is 10.1 Å². The van der Waals surface area contributed by atoms with Crippen molar-refractivity contribution in [2.45, 2.75) is 26.7 Å². The summed E-state index contributed by atoms with van der Waals surface area (Å²) in [6.45, 7) is 5.76. The third-order valence-corrected chi connectivity index (χ3v) is 3.14. The minimum absolute atomic E-state index is 0.0959. The topological polar surface area (TPSA) is 78.2 Å². The van der Waals surface area contributed by atoms with E-state index in [1.54, 1.807) is 18.2 Å². The first-order valence-electron chi connectivity index (χ1n) is 6.34. The third kappa shape index (κ3) is 3.75. The molecule has 0 saturated carbocycles. The summed E-state index contributed by atoms with van der Waals surface area (Å²) in [5.74, 6) is 1.17. The minimum Gasteiger partial charge on any atom is -0.432 e. The Morgan fingerprint density at radius 3 is 2.62 bits per heavy atom. The molecular formula is C14H14BrN3O3. The predicted octanol–water partition coefficient (Wildman–Crippen LogP) is 4.37. The molecule has 2 aromatic rings. The number of nitro benzene ring substituents is 1. The highest BCUT2D eigenvalue weighted by Gasteiger charge is 2.17. The van der Waals surface area contributed by atoms with Crippen molar-refractivity contribution in [1.29, 1.82) is 0 Å². The zero-order valence-electron chi connectivity index (χ0n) is 11.8. The average Bonchev–Trinajstić information content (AvgIpc) is 2.37. The molecule has 6 nitrogen and oxygen atoms in total. The lowest BCUT2D eigenvalue weighted by Crippen LogP contribution is -2.01. The van der Waals surface area contributed by atoms with Gasteiger partial charge in [0.25, 0.3) is 0 Å². The van der Waals surface area contributed by atoms with Gasteiger partial charge in [0.15, 0.2) is 0 Å². The summed E-state index contributed by atoms with van der Waals surface area (Å²) in [6.07, 6.45) is 0. The van der Waals surface area contributed by atoms with Crippen LogP contribution in [0.4, 0.5) is 5.69 Å². The highest BCUT2D eigenvalue weighted by atomic mass is 79.9. The zero-order chi connectivity index (χ0) is 15.6. The summed E-state index contributed by atoms with van der Waals surface area (Å²) in [5.41, 5.74) is 0.772. The summed E-state index contributed by atoms with van der Waals surface area (Å²) in [6, 6.07) is 6.28. The first-order valence-corrected chi connectivity index (χ1v) is 7.13. The van der Waals surface area contributed by atoms with E-state index in [1.165, 1.54) is 6.07 Å². The van der Waals surface area contributed by atoms with E-state index in [1.807, 2.05) is 20.8 Å². The van der Waals surface area contributed by atoms with Gasteiger partial charge in [-0.2, -0.15) is 4.98 Å². The molecule has 0 fully saturated rings. The maximum absolute atomic E-state index is 11.0. The lowest BCUT2D eigenvalue weighted by molar-refractivity contribution is -0.385. The molecule has 0 N–H and O–H groups in total. The molecule has 7 heteroatoms. The zero-order valence-corrected chi connectivity index (χ0v) is 13.4. The van der Waals surface area contributed by atoms with Gasteiger partial charge in [0.2, 0.25) is 11.6 Å². The van der Waals surface area contributed by atoms with Crippen molar-refractivity contribution in [3.63, 3.8) is 0 Å². The van der Waals surface area contributed by atoms with Gasteiger partial charge in [0, 0.05) is 18.1 Å². The second-order valence-electron chi connectivity index (χ2n) is 4.87. The molecular weight excluding hydrogens is 338 g/mol. The molecule has 2 rings (SSSR count). The quantitative estimate of drug-likeness (QED) is 0.464. The first kappa shape index (κ1) is 15.4. The number of hydrogen-bond acceptors (Lipinski definition) is 5. The lowest BCUT2D eigenvalue weighted by atomic mass is 10.2. The molecule has 0 spiro atoms. The highest BCUT2D eigenvalue weighted by Crippen LogP contribution is 2.32. The van der Waals surface area contributed by atoms with Gasteiger partial charge in [-0.25, -0.2) is 4.98 Å². The molecule has 1 aromatic carbocycles. The minimum atomic E-state index is -0.478. The second kappa shape index (κ2) is 6.17. The van der Waals surface area contributed by atoms with Crippen molar-refractivity contribution in [3.8, 4) is 11.6 Å². The van der Waals surface area contributed by atoms with Crippen molar-refractivity contribution in [2.24, 2.45) is 0 Å². The molecule has 0 aliphatic rings. The number of aryl methyl sites for hydroxylation is 1. The van der Waals surface area contributed by atoms with Crippen LogP contribution in [0.2, 0.25) is 0 Å². The van der Waals surface area contributed by atoms with Crippen LogP contribution in [0.15, 0.2) is 28.9 Å². The van der Waals surface area contributed by atoms with E-state index in [2.05, 4.69) is 25.9 Å². The van der Waals surface area contributed by atoms with Gasteiger partial charge < -0.3 is 4.74 Å². The van der Waals surface area contributed by atoms with Crippen LogP contribution in [0.25, 0.3) is 0 Å². The Bertz CT molecular complexity index is 689. The fourth-order valence-electron chi connectivity index (χ4n) is 1.69. The Hall–Kier alpha value is -2.02. The fourth-order valence-corrected chi connectivity index (χ4v) is 2.07. The molecule has 0 bridgehead atoms. The monoisotopic (exact) mass is 351 g/mol. The molecule has 1 aromatic heterocycles. The smallest absolute Gasteiger partial charge is 0.311 e. The van der Waals surface area contributed by atoms with E-state index in [-0.39, 0.29) is 23.2 Å². The molecule has 0 radical (unpaired) electrons. The molecule has 0 atom stereocenters. The summed E-state index contributed by atoms with van der Waals surface area (Å²) in [4.78, 5) is 19.1. The summed E-state index contributed by atoms with van der Waals surface area (Å²) < 4.78 is 6.18. The SMILES string of the molecule is Cc1ccc([N+](=O)[O-])c(Oc2cc(Br)nc(C(C)C)n2)c1. The maximum atomic E-state index is 11.0. The van der Waals surface area contributed by atoms with Gasteiger partial charge in [-0.1, -0.05) is 19.9 Å². The van der Waals surface area contributed by atoms with E-state index in [4.69, 9.17) is 4.74 Å². The standard InChI is InChI=1S/C14H14BrN3O3/c1-8(2)14-16-12(15)7-13(17-14)21-11-6-9(3)4-5-10(11)18(19)20/h4-8H,1-3H3. The number of aromatic nitrogens is 2. The van der Waals surface area contributed by atoms with Crippen molar-refractivity contribution < 1.29 is 9.66 Å². The van der Waals surface area contributed by atoms with Gasteiger partial charge in [-0.15, -0.1) is 0 Å². The van der Waals surface area contributed by atoms with Gasteiger partial charge >= 0.3 is 5.69 Å². The third-order valence-electron chi connectivity index (χ3n) is 2.73. The van der Waals surface area contributed by atoms with Crippen LogP contribution in [0.5, 0.6) is 11.6 Å². The van der Waals surface area contributed by atoms with Gasteiger partial charge in [0.05, 0.1) is 4.92 Å². The summed E-state index contributed by atoms with van der Waals surface area (Å²) >= 11 is 3.29. The van der Waals surface area contributed by atoms with Crippen LogP contribution in [0.3, 0.4) is 0 Å². The number of benzene rings is 1. The Morgan fingerprint density at radius 2 is 2.00 bits per heavy atom. The number of ether oxygens (including phenoxy) is 1. The van der Waals surface area contributed by atoms with Gasteiger partial charge in [-0.05, 0) is 34.5 Å². The first-order chi connectivity index (χ1) is 9.86. The molecule has 21 heavy (non-hydrogen) atoms. The number of nitrogens with zero attached hydrogens (tertiary/aromatic N) is 3. The number of rotatable bonds is 4. The Morgan fingerprint density at radius 1 is 1.29 bits per heavy atom. The number of nitro groups is 1. The fraction of sp³-hybridized carbons (Fsp3) is 0.286. The van der Waals surface area contributed by atoms with E-state index >= 15 is 0 Å². The van der Waals surface area contributed by atoms with Crippen LogP contribution in [0.1, 0.15) is 31.2 Å². The molecule has 110 valence electrons. The van der Waals surface area contributed by atoms with Crippen LogP contribution in [-0.4, -0.2) is 14.9 Å². The number of hydrogen-bond donors (Lipinski definition) is 0. The van der Waals surface area contributed by atoms with E-state index in [0.717, 1.165) is 5.56 Å². The summed E-state index contributed by atoms with van der Waals surface area (Å²) in [5, 5.41) is 11.0. The van der Waals surface area contributed by atoms with E-state index < -0.39 is 4.92 Å². The Labute approximate surface area is 130 Å². The van der Waals surface area contributed by atoms with Crippen LogP contribution >= 0.6 is 15.9 Å². The van der Waals surface area contributed by atoms with E-state index in [0.29, 0.717) is 10.4 Å². The normalized spacial score (nSPS) is 10.7. The molecule has 0 unspecified atom stereocenters. The molecule has 0 saturated heterocycles. The maximum Gasteiger partial charge on any atom is 0.311 e. The molecule has 0 amide bonds. The van der Waals surface area contributed by atoms with Crippen molar-refractivity contribution in [2.75, 3.05) is 0 Å². The van der Waals surface area contributed by atoms with Crippen LogP contribution < -0.4 is 4.74 Å². The van der Waals surface area contributed by atoms with Crippen molar-refractivity contribution in [1.82, 2.24) is 9.97 Å². The van der Waals surface area contributed by atoms with Crippen LogP contribution in [-0.2, 0) is 0 Å². The van der Waals surface area contributed by atoms with Gasteiger partial charge in [-0.3, -0.25) is 10.1 Å². The van der Waals surface area contributed by atoms with Crippen molar-refractivity contribution >= 4 is 21.6 Å². The second-order valence-corrected chi connectivity index (χ2v) is 5.68. The number of halogens is 1. The predicted molar refractivity (Wildman–Crippen MR) is 81.7 cm³/mol. The van der Waals surface area contributed by atoms with Gasteiger partial charge in [0.1, 0.15) is 10.4 Å². The molecule has 1 heterocycles. The van der Waals surface area contributed by atoms with Crippen molar-refractivity contribution in [3.05, 3.63) is 50.4 Å². The lowest BCUT2D eigenvalue weighted by Gasteiger charge is -2.09. The Kier molecular flexibility index (Phi) is 4.52. The van der Waals surface area contributed by atoms with Crippen LogP contribution in [0, 0.1) is 17.0 Å². The Balaban J connectivity index is 2.42. The molecule has 0 aliphatic heterocycles. The largest absolute Gasteiger partial charge is 0.432 e. The average molecular weight is 352 g/mol. The highest BCUT2D eigenvalue weighted by molar-refractivity contribution is 9.10. The molecule has 0 aliphatic carbocycles.